The highest BCUT2D eigenvalue weighted by atomic mass is 14.8. The van der Waals surface area contributed by atoms with Crippen molar-refractivity contribution in [3.8, 4) is 0 Å². The van der Waals surface area contributed by atoms with Gasteiger partial charge in [0, 0.05) is 0 Å². The van der Waals surface area contributed by atoms with Gasteiger partial charge in [-0.3, -0.25) is 0 Å². The molecule has 0 saturated heterocycles. The average molecular weight is 169 g/mol. The number of hydrogen-bond donors (Lipinski definition) is 1. The predicted molar refractivity (Wildman–Crippen MR) is 54.2 cm³/mol. The van der Waals surface area contributed by atoms with E-state index in [1.807, 2.05) is 0 Å². The molecule has 1 saturated carbocycles. The highest BCUT2D eigenvalue weighted by Gasteiger charge is 2.26. The van der Waals surface area contributed by atoms with Crippen LogP contribution in [0.2, 0.25) is 0 Å². The lowest BCUT2D eigenvalue weighted by atomic mass is 9.73. The predicted octanol–water partition coefficient (Wildman–Crippen LogP) is 2.67. The first-order valence-electron chi connectivity index (χ1n) is 5.46. The van der Waals surface area contributed by atoms with Crippen molar-refractivity contribution < 1.29 is 0 Å². The Morgan fingerprint density at radius 2 is 1.75 bits per heavy atom. The second-order valence-corrected chi connectivity index (χ2v) is 4.36. The Labute approximate surface area is 76.9 Å². The van der Waals surface area contributed by atoms with E-state index in [1.165, 1.54) is 25.8 Å². The maximum atomic E-state index is 3.48. The van der Waals surface area contributed by atoms with Crippen molar-refractivity contribution in [2.75, 3.05) is 13.1 Å². The van der Waals surface area contributed by atoms with Crippen LogP contribution >= 0.6 is 0 Å². The van der Waals surface area contributed by atoms with Crippen LogP contribution in [0.1, 0.15) is 40.0 Å². The molecule has 0 aromatic heterocycles. The van der Waals surface area contributed by atoms with E-state index in [9.17, 15) is 0 Å². The monoisotopic (exact) mass is 169 g/mol. The lowest BCUT2D eigenvalue weighted by Gasteiger charge is -2.34. The van der Waals surface area contributed by atoms with E-state index in [2.05, 4.69) is 26.1 Å². The van der Waals surface area contributed by atoms with E-state index in [4.69, 9.17) is 0 Å². The molecule has 0 bridgehead atoms. The summed E-state index contributed by atoms with van der Waals surface area (Å²) >= 11 is 0. The summed E-state index contributed by atoms with van der Waals surface area (Å²) in [7, 11) is 0. The molecule has 12 heavy (non-hydrogen) atoms. The van der Waals surface area contributed by atoms with Gasteiger partial charge in [-0.2, -0.15) is 0 Å². The minimum atomic E-state index is 0.929. The van der Waals surface area contributed by atoms with Gasteiger partial charge in [-0.15, -0.1) is 0 Å². The van der Waals surface area contributed by atoms with Gasteiger partial charge in [0.15, 0.2) is 0 Å². The Morgan fingerprint density at radius 1 is 1.17 bits per heavy atom. The van der Waals surface area contributed by atoms with Crippen LogP contribution in [-0.4, -0.2) is 13.1 Å². The SMILES string of the molecule is CCNCC1C(C)CCCC1C. The normalized spacial score (nSPS) is 36.8. The summed E-state index contributed by atoms with van der Waals surface area (Å²) < 4.78 is 0. The third-order valence-corrected chi connectivity index (χ3v) is 3.41. The van der Waals surface area contributed by atoms with E-state index in [1.54, 1.807) is 0 Å². The third-order valence-electron chi connectivity index (χ3n) is 3.41. The lowest BCUT2D eigenvalue weighted by Crippen LogP contribution is -2.34. The summed E-state index contributed by atoms with van der Waals surface area (Å²) in [6.07, 6.45) is 4.34. The Bertz CT molecular complexity index is 112. The first-order valence-corrected chi connectivity index (χ1v) is 5.46. The van der Waals surface area contributed by atoms with Gasteiger partial charge in [0.25, 0.3) is 0 Å². The molecule has 1 fully saturated rings. The topological polar surface area (TPSA) is 12.0 Å². The molecule has 72 valence electrons. The summed E-state index contributed by atoms with van der Waals surface area (Å²) in [5, 5.41) is 3.48. The zero-order chi connectivity index (χ0) is 8.97. The van der Waals surface area contributed by atoms with Crippen molar-refractivity contribution in [2.24, 2.45) is 17.8 Å². The fourth-order valence-electron chi connectivity index (χ4n) is 2.46. The molecule has 1 aliphatic rings. The van der Waals surface area contributed by atoms with Crippen molar-refractivity contribution in [1.29, 1.82) is 0 Å². The van der Waals surface area contributed by atoms with Crippen LogP contribution in [0.15, 0.2) is 0 Å². The average Bonchev–Trinajstić information content (AvgIpc) is 2.04. The summed E-state index contributed by atoms with van der Waals surface area (Å²) in [6, 6.07) is 0. The standard InChI is InChI=1S/C11H23N/c1-4-12-8-11-9(2)6-5-7-10(11)3/h9-12H,4-8H2,1-3H3. The van der Waals surface area contributed by atoms with Gasteiger partial charge in [-0.1, -0.05) is 40.0 Å². The van der Waals surface area contributed by atoms with Gasteiger partial charge >= 0.3 is 0 Å². The molecule has 0 aliphatic heterocycles. The second kappa shape index (κ2) is 4.86. The van der Waals surface area contributed by atoms with E-state index in [-0.39, 0.29) is 0 Å². The summed E-state index contributed by atoms with van der Waals surface area (Å²) in [5.41, 5.74) is 0. The molecular formula is C11H23N. The fourth-order valence-corrected chi connectivity index (χ4v) is 2.46. The van der Waals surface area contributed by atoms with Crippen molar-refractivity contribution >= 4 is 0 Å². The van der Waals surface area contributed by atoms with Crippen LogP contribution in [-0.2, 0) is 0 Å². The second-order valence-electron chi connectivity index (χ2n) is 4.36. The van der Waals surface area contributed by atoms with E-state index < -0.39 is 0 Å². The lowest BCUT2D eigenvalue weighted by molar-refractivity contribution is 0.175. The van der Waals surface area contributed by atoms with Crippen LogP contribution in [0.5, 0.6) is 0 Å². The molecule has 1 N–H and O–H groups in total. The third kappa shape index (κ3) is 2.48. The zero-order valence-electron chi connectivity index (χ0n) is 8.77. The molecule has 0 amide bonds. The van der Waals surface area contributed by atoms with Crippen molar-refractivity contribution in [3.05, 3.63) is 0 Å². The van der Waals surface area contributed by atoms with Crippen LogP contribution in [0.3, 0.4) is 0 Å². The molecule has 1 aliphatic carbocycles. The Morgan fingerprint density at radius 3 is 2.25 bits per heavy atom. The Hall–Kier alpha value is -0.0400. The number of hydrogen-bond acceptors (Lipinski definition) is 1. The Balaban J connectivity index is 2.34. The smallest absolute Gasteiger partial charge is 0.00155 e. The van der Waals surface area contributed by atoms with Gasteiger partial charge in [0.05, 0.1) is 0 Å². The van der Waals surface area contributed by atoms with Crippen molar-refractivity contribution in [1.82, 2.24) is 5.32 Å². The molecular weight excluding hydrogens is 146 g/mol. The maximum Gasteiger partial charge on any atom is -0.00155 e. The van der Waals surface area contributed by atoms with Crippen LogP contribution in [0.4, 0.5) is 0 Å². The number of rotatable bonds is 3. The largest absolute Gasteiger partial charge is 0.317 e. The van der Waals surface area contributed by atoms with Crippen molar-refractivity contribution in [3.63, 3.8) is 0 Å². The summed E-state index contributed by atoms with van der Waals surface area (Å²) in [6.45, 7) is 9.38. The van der Waals surface area contributed by atoms with Gasteiger partial charge in [-0.05, 0) is 30.8 Å². The minimum Gasteiger partial charge on any atom is -0.317 e. The summed E-state index contributed by atoms with van der Waals surface area (Å²) in [5.74, 6) is 2.80. The molecule has 1 nitrogen and oxygen atoms in total. The first-order chi connectivity index (χ1) is 5.75. The minimum absolute atomic E-state index is 0.929. The van der Waals surface area contributed by atoms with Gasteiger partial charge in [0.2, 0.25) is 0 Å². The van der Waals surface area contributed by atoms with E-state index in [0.717, 1.165) is 24.3 Å². The van der Waals surface area contributed by atoms with Crippen molar-refractivity contribution in [2.45, 2.75) is 40.0 Å². The molecule has 0 radical (unpaired) electrons. The van der Waals surface area contributed by atoms with Crippen LogP contribution in [0, 0.1) is 17.8 Å². The quantitative estimate of drug-likeness (QED) is 0.685. The van der Waals surface area contributed by atoms with Crippen LogP contribution in [0.25, 0.3) is 0 Å². The fraction of sp³-hybridized carbons (Fsp3) is 1.00. The molecule has 1 heteroatoms. The number of nitrogens with one attached hydrogen (secondary N) is 1. The molecule has 0 aromatic carbocycles. The zero-order valence-corrected chi connectivity index (χ0v) is 8.77. The highest BCUT2D eigenvalue weighted by molar-refractivity contribution is 4.78. The molecule has 0 spiro atoms. The highest BCUT2D eigenvalue weighted by Crippen LogP contribution is 2.33. The Kier molecular flexibility index (Phi) is 4.07. The van der Waals surface area contributed by atoms with E-state index in [0.29, 0.717) is 0 Å². The van der Waals surface area contributed by atoms with Gasteiger partial charge in [0.1, 0.15) is 0 Å². The van der Waals surface area contributed by atoms with Gasteiger partial charge < -0.3 is 5.32 Å². The summed E-state index contributed by atoms with van der Waals surface area (Å²) in [4.78, 5) is 0. The maximum absolute atomic E-state index is 3.48. The molecule has 1 rings (SSSR count). The molecule has 0 aromatic rings. The molecule has 0 heterocycles. The van der Waals surface area contributed by atoms with E-state index >= 15 is 0 Å². The van der Waals surface area contributed by atoms with Gasteiger partial charge in [-0.25, -0.2) is 0 Å². The van der Waals surface area contributed by atoms with Crippen LogP contribution < -0.4 is 5.32 Å². The molecule has 2 unspecified atom stereocenters. The molecule has 2 atom stereocenters. The first kappa shape index (κ1) is 10.0.